The summed E-state index contributed by atoms with van der Waals surface area (Å²) in [6.07, 6.45) is -9.18. The van der Waals surface area contributed by atoms with E-state index in [1.54, 1.807) is 111 Å². The number of ether oxygens (including phenoxy) is 6. The molecule has 450 valence electrons. The number of carbonyl (C=O) groups is 12. The van der Waals surface area contributed by atoms with Gasteiger partial charge in [-0.3, -0.25) is 28.8 Å². The van der Waals surface area contributed by atoms with Crippen molar-refractivity contribution in [2.45, 2.75) is 231 Å². The second-order valence-electron chi connectivity index (χ2n) is 23.3. The molecule has 24 nitrogen and oxygen atoms in total. The van der Waals surface area contributed by atoms with Gasteiger partial charge in [0, 0.05) is 0 Å². The number of amides is 6. The number of hydrogen-bond donors (Lipinski definition) is 6. The molecule has 1 fully saturated rings. The lowest BCUT2D eigenvalue weighted by Crippen LogP contribution is -2.55. The van der Waals surface area contributed by atoms with Gasteiger partial charge in [-0.2, -0.15) is 0 Å². The van der Waals surface area contributed by atoms with Crippen molar-refractivity contribution in [1.82, 2.24) is 31.9 Å². The number of nitrogens with one attached hydrogen (secondary N) is 6. The molecule has 0 radical (unpaired) electrons. The lowest BCUT2D eigenvalue weighted by atomic mass is 10.0. The molecule has 1 aliphatic rings. The highest BCUT2D eigenvalue weighted by molar-refractivity contribution is 5.95. The molecular formula is C55H92N6O18. The summed E-state index contributed by atoms with van der Waals surface area (Å²) in [6, 6.07) is -8.42. The smallest absolute Gasteiger partial charge is 0.329 e. The molecule has 0 aromatic rings. The summed E-state index contributed by atoms with van der Waals surface area (Å²) in [7, 11) is 0. The van der Waals surface area contributed by atoms with Gasteiger partial charge in [-0.1, -0.05) is 111 Å². The van der Waals surface area contributed by atoms with Crippen molar-refractivity contribution in [1.29, 1.82) is 0 Å². The first-order valence-electron chi connectivity index (χ1n) is 27.4. The van der Waals surface area contributed by atoms with E-state index in [0.717, 1.165) is 0 Å². The molecule has 1 unspecified atom stereocenters. The zero-order chi connectivity index (χ0) is 61.1. The molecule has 6 N–H and O–H groups in total. The lowest BCUT2D eigenvalue weighted by Gasteiger charge is -2.29. The third-order valence-electron chi connectivity index (χ3n) is 12.4. The normalized spacial score (nSPS) is 28.6. The number of carbonyl (C=O) groups excluding carboxylic acids is 12. The van der Waals surface area contributed by atoms with Crippen molar-refractivity contribution < 1.29 is 86.0 Å². The van der Waals surface area contributed by atoms with E-state index in [2.05, 4.69) is 31.9 Å². The van der Waals surface area contributed by atoms with Crippen LogP contribution in [0.2, 0.25) is 0 Å². The van der Waals surface area contributed by atoms with Gasteiger partial charge in [-0.15, -0.1) is 0 Å². The second-order valence-corrected chi connectivity index (χ2v) is 23.3. The molecule has 79 heavy (non-hydrogen) atoms. The van der Waals surface area contributed by atoms with E-state index < -0.39 is 174 Å². The molecule has 0 aromatic heterocycles. The van der Waals surface area contributed by atoms with Gasteiger partial charge in [-0.25, -0.2) is 28.8 Å². The highest BCUT2D eigenvalue weighted by Gasteiger charge is 2.41. The quantitative estimate of drug-likeness (QED) is 0.128. The van der Waals surface area contributed by atoms with E-state index in [4.69, 9.17) is 28.4 Å². The van der Waals surface area contributed by atoms with E-state index in [1.807, 2.05) is 0 Å². The summed E-state index contributed by atoms with van der Waals surface area (Å²) in [4.78, 5) is 164. The van der Waals surface area contributed by atoms with Crippen molar-refractivity contribution in [2.24, 2.45) is 47.3 Å². The van der Waals surface area contributed by atoms with Gasteiger partial charge in [-0.05, 0) is 94.3 Å². The first-order valence-corrected chi connectivity index (χ1v) is 27.4. The Kier molecular flexibility index (Phi) is 29.2. The Morgan fingerprint density at radius 3 is 0.759 bits per heavy atom. The number of rotatable bonds is 11. The first kappa shape index (κ1) is 70.7. The number of cyclic esters (lactones) is 6. The lowest BCUT2D eigenvalue weighted by molar-refractivity contribution is -0.167. The van der Waals surface area contributed by atoms with Crippen molar-refractivity contribution in [3.05, 3.63) is 0 Å². The molecule has 0 aliphatic carbocycles. The predicted octanol–water partition coefficient (Wildman–Crippen LogP) is 2.88. The largest absolute Gasteiger partial charge is 0.451 e. The minimum atomic E-state index is -1.54. The molecule has 6 amide bonds. The minimum absolute atomic E-state index is 0.0322. The van der Waals surface area contributed by atoms with Crippen LogP contribution in [0, 0.1) is 47.3 Å². The van der Waals surface area contributed by atoms with Crippen LogP contribution in [-0.2, 0) is 86.0 Å². The summed E-state index contributed by atoms with van der Waals surface area (Å²) in [5.74, 6) is -15.8. The predicted molar refractivity (Wildman–Crippen MR) is 286 cm³/mol. The molecule has 12 atom stereocenters. The topological polar surface area (TPSA) is 332 Å². The highest BCUT2D eigenvalue weighted by atomic mass is 16.6. The van der Waals surface area contributed by atoms with Gasteiger partial charge in [0.1, 0.15) is 36.3 Å². The molecule has 1 saturated heterocycles. The maximum atomic E-state index is 13.9. The van der Waals surface area contributed by atoms with Crippen molar-refractivity contribution in [3.63, 3.8) is 0 Å². The van der Waals surface area contributed by atoms with Crippen molar-refractivity contribution in [3.8, 4) is 0 Å². The van der Waals surface area contributed by atoms with Crippen molar-refractivity contribution >= 4 is 71.3 Å². The summed E-state index contributed by atoms with van der Waals surface area (Å²) < 4.78 is 33.7. The zero-order valence-corrected chi connectivity index (χ0v) is 50.0. The van der Waals surface area contributed by atoms with Crippen LogP contribution in [0.1, 0.15) is 158 Å². The third-order valence-corrected chi connectivity index (χ3v) is 12.4. The van der Waals surface area contributed by atoms with Crippen LogP contribution in [0.3, 0.4) is 0 Å². The maximum absolute atomic E-state index is 13.9. The third kappa shape index (κ3) is 23.5. The number of hydrogen-bond acceptors (Lipinski definition) is 18. The van der Waals surface area contributed by atoms with Crippen LogP contribution in [0.15, 0.2) is 0 Å². The molecule has 24 heteroatoms. The Labute approximate surface area is 465 Å². The van der Waals surface area contributed by atoms with Crippen LogP contribution in [0.4, 0.5) is 0 Å². The van der Waals surface area contributed by atoms with Crippen LogP contribution < -0.4 is 31.9 Å². The summed E-state index contributed by atoms with van der Waals surface area (Å²) >= 11 is 0. The molecule has 0 bridgehead atoms. The van der Waals surface area contributed by atoms with E-state index >= 15 is 0 Å². The Bertz CT molecular complexity index is 2130. The van der Waals surface area contributed by atoms with Crippen LogP contribution >= 0.6 is 0 Å². The van der Waals surface area contributed by atoms with E-state index in [0.29, 0.717) is 0 Å². The fraction of sp³-hybridized carbons (Fsp3) is 0.782. The Balaban J connectivity index is 3.86. The molecule has 1 heterocycles. The van der Waals surface area contributed by atoms with E-state index in [1.165, 1.54) is 27.7 Å². The summed E-state index contributed by atoms with van der Waals surface area (Å²) in [5.41, 5.74) is 0. The van der Waals surface area contributed by atoms with Gasteiger partial charge < -0.3 is 60.3 Å². The first-order chi connectivity index (χ1) is 36.4. The molecule has 0 spiro atoms. The van der Waals surface area contributed by atoms with Crippen LogP contribution in [0.5, 0.6) is 0 Å². The van der Waals surface area contributed by atoms with Crippen LogP contribution in [0.25, 0.3) is 0 Å². The van der Waals surface area contributed by atoms with Gasteiger partial charge in [0.2, 0.25) is 0 Å². The van der Waals surface area contributed by atoms with E-state index in [-0.39, 0.29) is 37.0 Å². The molecule has 1 rings (SSSR count). The monoisotopic (exact) mass is 1120 g/mol. The standard InChI is InChI=1S/C55H92N6O18/c1-24(2)21-36-45(63)56-32(17)50(68)74-35(20)44(62)59-39(27(7)8)53(71)75-37(22-25(3)4)46(64)57-33(18)51(69)78-43(31(15)16)49(67)61-41(29(11)12)55(73)77-38(23-26(5)6)47(65)58-34(19)52(70)79-42(30(13)14)48(66)60-40(28(9)10)54(72)76-36/h24-43H,21-23H2,1-20H3,(H,56,63)(H,57,64)(H,58,65)(H,59,62)(H,60,66)(H,61,67)/t32-,33-,34-,35?,36-,37-,38-,39+,40+,41+,42+,43+/m1/s1. The SMILES string of the molecule is CC(C)C[C@H]1OC(=O)[C@H](C(C)C)NC(=O)C(C)OC(=O)[C@@H](C)NC(=O)[C@@H](CC(C)C)OC(=O)[C@H](C(C)C)NC(=O)[C@H](C(C)C)OC(=O)[C@@H](C)NC(=O)[C@@H](CC(C)C)OC(=O)[C@H](C(C)C)NC(=O)[C@H](C(C)C)OC(=O)[C@@H](C)NC1=O. The Morgan fingerprint density at radius 1 is 0.291 bits per heavy atom. The van der Waals surface area contributed by atoms with Gasteiger partial charge in [0.05, 0.1) is 0 Å². The number of esters is 6. The second kappa shape index (κ2) is 32.6. The molecule has 0 aromatic carbocycles. The van der Waals surface area contributed by atoms with Crippen molar-refractivity contribution in [2.75, 3.05) is 0 Å². The Morgan fingerprint density at radius 2 is 0.532 bits per heavy atom. The summed E-state index contributed by atoms with van der Waals surface area (Å²) in [6.45, 7) is 31.4. The van der Waals surface area contributed by atoms with Gasteiger partial charge >= 0.3 is 35.8 Å². The Hall–Kier alpha value is -6.36. The average Bonchev–Trinajstić information content (AvgIpc) is 3.32. The van der Waals surface area contributed by atoms with E-state index in [9.17, 15) is 57.5 Å². The average molecular weight is 1130 g/mol. The molecule has 0 saturated carbocycles. The fourth-order valence-electron chi connectivity index (χ4n) is 7.65. The van der Waals surface area contributed by atoms with Crippen LogP contribution in [-0.4, -0.2) is 144 Å². The zero-order valence-electron chi connectivity index (χ0n) is 50.0. The highest BCUT2D eigenvalue weighted by Crippen LogP contribution is 2.19. The summed E-state index contributed by atoms with van der Waals surface area (Å²) in [5, 5.41) is 15.0. The van der Waals surface area contributed by atoms with Gasteiger partial charge in [0.25, 0.3) is 35.4 Å². The molecule has 1 aliphatic heterocycles. The minimum Gasteiger partial charge on any atom is -0.451 e. The maximum Gasteiger partial charge on any atom is 0.329 e. The molecular weight excluding hydrogens is 1030 g/mol. The van der Waals surface area contributed by atoms with Gasteiger partial charge in [0.15, 0.2) is 36.6 Å². The fourth-order valence-corrected chi connectivity index (χ4v) is 7.65.